The third kappa shape index (κ3) is 6.23. The summed E-state index contributed by atoms with van der Waals surface area (Å²) in [4.78, 5) is 44.6. The molecule has 9 nitrogen and oxygen atoms in total. The van der Waals surface area contributed by atoms with Gasteiger partial charge in [0, 0.05) is 27.7 Å². The summed E-state index contributed by atoms with van der Waals surface area (Å²) in [5, 5.41) is 0. The number of esters is 4. The Morgan fingerprint density at radius 3 is 2.04 bits per heavy atom. The molecule has 0 aliphatic carbocycles. The van der Waals surface area contributed by atoms with Crippen molar-refractivity contribution >= 4 is 23.9 Å². The summed E-state index contributed by atoms with van der Waals surface area (Å²) in [6.07, 6.45) is -3.74. The largest absolute Gasteiger partial charge is 0.462 e. The van der Waals surface area contributed by atoms with Gasteiger partial charge in [0.1, 0.15) is 12.7 Å². The van der Waals surface area contributed by atoms with Crippen LogP contribution in [0.4, 0.5) is 0 Å². The number of hydrogen-bond acceptors (Lipinski definition) is 9. The summed E-state index contributed by atoms with van der Waals surface area (Å²) in [6, 6.07) is 0. The van der Waals surface area contributed by atoms with Crippen LogP contribution < -0.4 is 0 Å². The van der Waals surface area contributed by atoms with Crippen molar-refractivity contribution in [2.24, 2.45) is 0 Å². The quantitative estimate of drug-likeness (QED) is 0.479. The molecule has 1 heterocycles. The van der Waals surface area contributed by atoms with Crippen molar-refractivity contribution in [2.45, 2.75) is 52.1 Å². The molecular weight excluding hydrogens is 312 g/mol. The molecule has 1 aliphatic heterocycles. The Hall–Kier alpha value is -2.16. The molecule has 0 amide bonds. The lowest BCUT2D eigenvalue weighted by Crippen LogP contribution is -2.46. The Labute approximate surface area is 133 Å². The van der Waals surface area contributed by atoms with Gasteiger partial charge in [-0.15, -0.1) is 0 Å². The van der Waals surface area contributed by atoms with Crippen molar-refractivity contribution < 1.29 is 42.9 Å². The van der Waals surface area contributed by atoms with Crippen LogP contribution in [0.25, 0.3) is 0 Å². The highest BCUT2D eigenvalue weighted by atomic mass is 16.7. The molecule has 1 saturated heterocycles. The summed E-state index contributed by atoms with van der Waals surface area (Å²) in [6.45, 7) is 4.46. The van der Waals surface area contributed by atoms with E-state index < -0.39 is 48.3 Å². The van der Waals surface area contributed by atoms with Gasteiger partial charge in [-0.1, -0.05) is 0 Å². The van der Waals surface area contributed by atoms with Crippen LogP contribution in [0.2, 0.25) is 0 Å². The lowest BCUT2D eigenvalue weighted by Gasteiger charge is -2.27. The minimum Gasteiger partial charge on any atom is -0.462 e. The smallest absolute Gasteiger partial charge is 0.303 e. The van der Waals surface area contributed by atoms with Crippen LogP contribution in [0.3, 0.4) is 0 Å². The summed E-state index contributed by atoms with van der Waals surface area (Å²) in [5.74, 6) is -2.37. The molecular formula is C14H20O9. The molecule has 23 heavy (non-hydrogen) atoms. The van der Waals surface area contributed by atoms with E-state index in [1.54, 1.807) is 0 Å². The van der Waals surface area contributed by atoms with E-state index in [9.17, 15) is 19.2 Å². The molecule has 0 spiro atoms. The van der Waals surface area contributed by atoms with Gasteiger partial charge in [-0.2, -0.15) is 0 Å². The predicted octanol–water partition coefficient (Wildman–Crippen LogP) is -0.257. The number of rotatable bonds is 6. The SMILES string of the molecule is CC(=O)OCC(OC(C)=O)[C@H]1OC[C@H](OC(C)=O)[C@H]1OC(C)=O. The Balaban J connectivity index is 2.91. The monoisotopic (exact) mass is 332 g/mol. The average molecular weight is 332 g/mol. The van der Waals surface area contributed by atoms with Crippen LogP contribution in [0, 0.1) is 0 Å². The molecule has 0 aromatic carbocycles. The third-order valence-corrected chi connectivity index (χ3v) is 2.90. The fraction of sp³-hybridized carbons (Fsp3) is 0.714. The Morgan fingerprint density at radius 2 is 1.57 bits per heavy atom. The van der Waals surface area contributed by atoms with E-state index in [2.05, 4.69) is 0 Å². The first kappa shape index (κ1) is 18.9. The van der Waals surface area contributed by atoms with Gasteiger partial charge in [-0.3, -0.25) is 19.2 Å². The van der Waals surface area contributed by atoms with Gasteiger partial charge < -0.3 is 23.7 Å². The van der Waals surface area contributed by atoms with Gasteiger partial charge in [0.15, 0.2) is 18.3 Å². The number of carbonyl (C=O) groups excluding carboxylic acids is 4. The lowest BCUT2D eigenvalue weighted by atomic mass is 10.1. The van der Waals surface area contributed by atoms with Crippen molar-refractivity contribution in [3.63, 3.8) is 0 Å². The van der Waals surface area contributed by atoms with Gasteiger partial charge in [-0.05, 0) is 0 Å². The topological polar surface area (TPSA) is 114 Å². The molecule has 1 rings (SSSR count). The van der Waals surface area contributed by atoms with Gasteiger partial charge in [-0.25, -0.2) is 0 Å². The molecule has 9 heteroatoms. The fourth-order valence-electron chi connectivity index (χ4n) is 2.18. The number of hydrogen-bond donors (Lipinski definition) is 0. The zero-order chi connectivity index (χ0) is 17.6. The van der Waals surface area contributed by atoms with Crippen LogP contribution >= 0.6 is 0 Å². The van der Waals surface area contributed by atoms with Crippen LogP contribution in [0.15, 0.2) is 0 Å². The van der Waals surface area contributed by atoms with Gasteiger partial charge in [0.05, 0.1) is 6.61 Å². The first-order valence-electron chi connectivity index (χ1n) is 6.97. The summed E-state index contributed by atoms with van der Waals surface area (Å²) >= 11 is 0. The Bertz CT molecular complexity index is 473. The van der Waals surface area contributed by atoms with Crippen LogP contribution in [0.5, 0.6) is 0 Å². The van der Waals surface area contributed by atoms with Crippen molar-refractivity contribution in [3.05, 3.63) is 0 Å². The predicted molar refractivity (Wildman–Crippen MR) is 73.0 cm³/mol. The molecule has 0 bridgehead atoms. The molecule has 0 saturated carbocycles. The molecule has 0 aromatic heterocycles. The molecule has 1 unspecified atom stereocenters. The zero-order valence-electron chi connectivity index (χ0n) is 13.4. The fourth-order valence-corrected chi connectivity index (χ4v) is 2.18. The van der Waals surface area contributed by atoms with E-state index >= 15 is 0 Å². The molecule has 1 fully saturated rings. The first-order chi connectivity index (χ1) is 10.7. The van der Waals surface area contributed by atoms with E-state index in [1.807, 2.05) is 0 Å². The van der Waals surface area contributed by atoms with Crippen LogP contribution in [-0.2, 0) is 42.9 Å². The van der Waals surface area contributed by atoms with E-state index in [0.29, 0.717) is 0 Å². The van der Waals surface area contributed by atoms with E-state index in [0.717, 1.165) is 0 Å². The highest BCUT2D eigenvalue weighted by molar-refractivity contribution is 5.68. The van der Waals surface area contributed by atoms with Gasteiger partial charge >= 0.3 is 23.9 Å². The van der Waals surface area contributed by atoms with Crippen molar-refractivity contribution in [3.8, 4) is 0 Å². The maximum Gasteiger partial charge on any atom is 0.303 e. The van der Waals surface area contributed by atoms with E-state index in [1.165, 1.54) is 27.7 Å². The van der Waals surface area contributed by atoms with Crippen LogP contribution in [0.1, 0.15) is 27.7 Å². The second-order valence-electron chi connectivity index (χ2n) is 4.97. The standard InChI is InChI=1S/C14H20O9/c1-7(15)19-5-11(21-8(2)16)13-14(23-10(4)18)12(6-20-13)22-9(3)17/h11-14H,5-6H2,1-4H3/t11?,12-,13+,14+/m0/s1. The van der Waals surface area contributed by atoms with Gasteiger partial charge in [0.25, 0.3) is 0 Å². The second-order valence-corrected chi connectivity index (χ2v) is 4.97. The number of carbonyl (C=O) groups is 4. The Kier molecular flexibility index (Phi) is 6.95. The van der Waals surface area contributed by atoms with Gasteiger partial charge in [0.2, 0.25) is 0 Å². The summed E-state index contributed by atoms with van der Waals surface area (Å²) in [7, 11) is 0. The molecule has 0 aromatic rings. The molecule has 1 aliphatic rings. The molecule has 4 atom stereocenters. The van der Waals surface area contributed by atoms with Crippen molar-refractivity contribution in [1.29, 1.82) is 0 Å². The lowest BCUT2D eigenvalue weighted by molar-refractivity contribution is -0.176. The van der Waals surface area contributed by atoms with E-state index in [-0.39, 0.29) is 13.2 Å². The second kappa shape index (κ2) is 8.47. The summed E-state index contributed by atoms with van der Waals surface area (Å²) < 4.78 is 25.6. The maximum atomic E-state index is 11.3. The number of ether oxygens (including phenoxy) is 5. The molecule has 130 valence electrons. The summed E-state index contributed by atoms with van der Waals surface area (Å²) in [5.41, 5.74) is 0. The normalized spacial score (nSPS) is 24.4. The van der Waals surface area contributed by atoms with Crippen molar-refractivity contribution in [1.82, 2.24) is 0 Å². The maximum absolute atomic E-state index is 11.3. The average Bonchev–Trinajstić information content (AvgIpc) is 2.75. The Morgan fingerprint density at radius 1 is 0.957 bits per heavy atom. The highest BCUT2D eigenvalue weighted by Gasteiger charge is 2.47. The van der Waals surface area contributed by atoms with Crippen molar-refractivity contribution in [2.75, 3.05) is 13.2 Å². The first-order valence-corrected chi connectivity index (χ1v) is 6.97. The minimum absolute atomic E-state index is 0.0416. The van der Waals surface area contributed by atoms with E-state index in [4.69, 9.17) is 23.7 Å². The highest BCUT2D eigenvalue weighted by Crippen LogP contribution is 2.25. The minimum atomic E-state index is -0.999. The molecule has 0 N–H and O–H groups in total. The zero-order valence-corrected chi connectivity index (χ0v) is 13.4. The van der Waals surface area contributed by atoms with Crippen LogP contribution in [-0.4, -0.2) is 61.5 Å². The third-order valence-electron chi connectivity index (χ3n) is 2.90. The molecule has 0 radical (unpaired) electrons.